The van der Waals surface area contributed by atoms with Crippen LogP contribution < -0.4 is 0 Å². The number of carboxylic acids is 1. The third kappa shape index (κ3) is 1.55. The third-order valence-electron chi connectivity index (χ3n) is 2.92. The molecule has 4 nitrogen and oxygen atoms in total. The molecule has 0 fully saturated rings. The van der Waals surface area contributed by atoms with Crippen molar-refractivity contribution in [3.8, 4) is 11.1 Å². The van der Waals surface area contributed by atoms with E-state index in [2.05, 4.69) is 10.2 Å². The molecule has 0 saturated carbocycles. The predicted octanol–water partition coefficient (Wildman–Crippen LogP) is 2.93. The van der Waals surface area contributed by atoms with Gasteiger partial charge in [-0.05, 0) is 11.6 Å². The zero-order valence-corrected chi connectivity index (χ0v) is 9.42. The molecule has 0 aliphatic carbocycles. The first-order valence-corrected chi connectivity index (χ1v) is 5.52. The van der Waals surface area contributed by atoms with Gasteiger partial charge in [-0.3, -0.25) is 5.10 Å². The number of fused-ring (bicyclic) bond motifs is 1. The molecule has 1 aromatic heterocycles. The van der Waals surface area contributed by atoms with Crippen LogP contribution in [0.15, 0.2) is 48.7 Å². The number of nitrogens with zero attached hydrogens (tertiary/aromatic N) is 1. The number of benzene rings is 2. The van der Waals surface area contributed by atoms with Crippen molar-refractivity contribution >= 4 is 16.9 Å². The summed E-state index contributed by atoms with van der Waals surface area (Å²) in [5, 5.41) is 17.1. The summed E-state index contributed by atoms with van der Waals surface area (Å²) in [6.45, 7) is 0. The summed E-state index contributed by atoms with van der Waals surface area (Å²) >= 11 is 0. The lowest BCUT2D eigenvalue weighted by Crippen LogP contribution is -1.99. The Morgan fingerprint density at radius 3 is 2.67 bits per heavy atom. The Hall–Kier alpha value is -2.62. The summed E-state index contributed by atoms with van der Waals surface area (Å²) in [5.74, 6) is -0.929. The van der Waals surface area contributed by atoms with Crippen molar-refractivity contribution in [1.82, 2.24) is 10.2 Å². The van der Waals surface area contributed by atoms with Gasteiger partial charge in [0.2, 0.25) is 0 Å². The van der Waals surface area contributed by atoms with Gasteiger partial charge in [0.15, 0.2) is 0 Å². The molecule has 2 N–H and O–H groups in total. The summed E-state index contributed by atoms with van der Waals surface area (Å²) in [5.41, 5.74) is 2.69. The first-order chi connectivity index (χ1) is 8.77. The largest absolute Gasteiger partial charge is 0.478 e. The van der Waals surface area contributed by atoms with Crippen molar-refractivity contribution in [2.24, 2.45) is 0 Å². The first kappa shape index (κ1) is 10.5. The molecule has 0 atom stereocenters. The molecule has 0 bridgehead atoms. The van der Waals surface area contributed by atoms with Crippen LogP contribution in [0.5, 0.6) is 0 Å². The fourth-order valence-electron chi connectivity index (χ4n) is 2.10. The number of aromatic carboxylic acids is 1. The lowest BCUT2D eigenvalue weighted by molar-refractivity contribution is 0.0698. The molecule has 0 amide bonds. The number of nitrogens with one attached hydrogen (secondary N) is 1. The van der Waals surface area contributed by atoms with E-state index in [4.69, 9.17) is 0 Å². The van der Waals surface area contributed by atoms with Gasteiger partial charge < -0.3 is 5.11 Å². The van der Waals surface area contributed by atoms with E-state index < -0.39 is 5.97 Å². The van der Waals surface area contributed by atoms with E-state index in [-0.39, 0.29) is 0 Å². The number of rotatable bonds is 2. The maximum Gasteiger partial charge on any atom is 0.336 e. The highest BCUT2D eigenvalue weighted by Crippen LogP contribution is 2.29. The van der Waals surface area contributed by atoms with Crippen molar-refractivity contribution in [2.75, 3.05) is 0 Å². The van der Waals surface area contributed by atoms with Crippen molar-refractivity contribution in [2.45, 2.75) is 0 Å². The van der Waals surface area contributed by atoms with Gasteiger partial charge in [0.05, 0.1) is 17.3 Å². The summed E-state index contributed by atoms with van der Waals surface area (Å²) in [7, 11) is 0. The summed E-state index contributed by atoms with van der Waals surface area (Å²) in [6, 6.07) is 12.7. The van der Waals surface area contributed by atoms with Gasteiger partial charge in [-0.25, -0.2) is 4.79 Å². The SMILES string of the molecule is O=C(O)c1ccccc1-c1cccc2cn[nH]c12. The lowest BCUT2D eigenvalue weighted by atomic mass is 9.98. The zero-order chi connectivity index (χ0) is 12.5. The molecule has 3 aromatic rings. The molecule has 3 rings (SSSR count). The molecule has 0 saturated heterocycles. The second-order valence-electron chi connectivity index (χ2n) is 3.99. The molecule has 18 heavy (non-hydrogen) atoms. The number of carbonyl (C=O) groups is 1. The molecule has 0 unspecified atom stereocenters. The molecule has 0 aliphatic rings. The standard InChI is InChI=1S/C14H10N2O2/c17-14(18)12-6-2-1-5-10(12)11-7-3-4-9-8-15-16-13(9)11/h1-8H,(H,15,16)(H,17,18). The number of hydrogen-bond donors (Lipinski definition) is 2. The van der Waals surface area contributed by atoms with Crippen molar-refractivity contribution in [1.29, 1.82) is 0 Å². The van der Waals surface area contributed by atoms with E-state index in [9.17, 15) is 9.90 Å². The van der Waals surface area contributed by atoms with E-state index in [1.807, 2.05) is 24.3 Å². The fraction of sp³-hybridized carbons (Fsp3) is 0. The average Bonchev–Trinajstić information content (AvgIpc) is 2.86. The second-order valence-corrected chi connectivity index (χ2v) is 3.99. The smallest absolute Gasteiger partial charge is 0.336 e. The van der Waals surface area contributed by atoms with Gasteiger partial charge in [0.1, 0.15) is 0 Å². The van der Waals surface area contributed by atoms with Gasteiger partial charge >= 0.3 is 5.97 Å². The van der Waals surface area contributed by atoms with Crippen molar-refractivity contribution in [3.63, 3.8) is 0 Å². The lowest BCUT2D eigenvalue weighted by Gasteiger charge is -2.06. The minimum Gasteiger partial charge on any atom is -0.478 e. The van der Waals surface area contributed by atoms with E-state index in [1.165, 1.54) is 0 Å². The normalized spacial score (nSPS) is 10.7. The Kier molecular flexibility index (Phi) is 2.34. The van der Waals surface area contributed by atoms with Gasteiger partial charge in [-0.2, -0.15) is 5.10 Å². The van der Waals surface area contributed by atoms with Crippen LogP contribution in [0.25, 0.3) is 22.0 Å². The van der Waals surface area contributed by atoms with Crippen LogP contribution in [0.1, 0.15) is 10.4 Å². The maximum atomic E-state index is 11.2. The minimum absolute atomic E-state index is 0.291. The average molecular weight is 238 g/mol. The third-order valence-corrected chi connectivity index (χ3v) is 2.92. The second kappa shape index (κ2) is 4.00. The minimum atomic E-state index is -0.929. The van der Waals surface area contributed by atoms with Gasteiger partial charge in [-0.1, -0.05) is 36.4 Å². The first-order valence-electron chi connectivity index (χ1n) is 5.52. The van der Waals surface area contributed by atoms with Crippen molar-refractivity contribution in [3.05, 3.63) is 54.2 Å². The number of aromatic amines is 1. The molecule has 1 heterocycles. The highest BCUT2D eigenvalue weighted by atomic mass is 16.4. The molecule has 2 aromatic carbocycles. The quantitative estimate of drug-likeness (QED) is 0.721. The van der Waals surface area contributed by atoms with Crippen molar-refractivity contribution < 1.29 is 9.90 Å². The van der Waals surface area contributed by atoms with Crippen LogP contribution >= 0.6 is 0 Å². The van der Waals surface area contributed by atoms with Crippen LogP contribution in [-0.2, 0) is 0 Å². The fourth-order valence-corrected chi connectivity index (χ4v) is 2.10. The highest BCUT2D eigenvalue weighted by Gasteiger charge is 2.13. The number of para-hydroxylation sites is 1. The molecule has 0 spiro atoms. The maximum absolute atomic E-state index is 11.2. The van der Waals surface area contributed by atoms with Gasteiger partial charge in [-0.15, -0.1) is 0 Å². The molecule has 0 aliphatic heterocycles. The molecular formula is C14H10N2O2. The number of aromatic nitrogens is 2. The molecule has 0 radical (unpaired) electrons. The molecule has 88 valence electrons. The van der Waals surface area contributed by atoms with Crippen LogP contribution in [0.2, 0.25) is 0 Å². The molecule has 4 heteroatoms. The van der Waals surface area contributed by atoms with E-state index in [0.717, 1.165) is 16.5 Å². The zero-order valence-electron chi connectivity index (χ0n) is 9.42. The number of carboxylic acid groups (broad SMARTS) is 1. The van der Waals surface area contributed by atoms with E-state index in [1.54, 1.807) is 24.4 Å². The van der Waals surface area contributed by atoms with Gasteiger partial charge in [0, 0.05) is 10.9 Å². The summed E-state index contributed by atoms with van der Waals surface area (Å²) in [6.07, 6.45) is 1.72. The van der Waals surface area contributed by atoms with E-state index in [0.29, 0.717) is 11.1 Å². The Labute approximate surface area is 103 Å². The van der Waals surface area contributed by atoms with Crippen LogP contribution in [0, 0.1) is 0 Å². The van der Waals surface area contributed by atoms with E-state index >= 15 is 0 Å². The summed E-state index contributed by atoms with van der Waals surface area (Å²) < 4.78 is 0. The Balaban J connectivity index is 2.33. The topological polar surface area (TPSA) is 66.0 Å². The Morgan fingerprint density at radius 2 is 1.83 bits per heavy atom. The number of hydrogen-bond acceptors (Lipinski definition) is 2. The monoisotopic (exact) mass is 238 g/mol. The van der Waals surface area contributed by atoms with Crippen LogP contribution in [0.3, 0.4) is 0 Å². The van der Waals surface area contributed by atoms with Crippen LogP contribution in [0.4, 0.5) is 0 Å². The Bertz CT molecular complexity index is 731. The Morgan fingerprint density at radius 1 is 1.06 bits per heavy atom. The molecular weight excluding hydrogens is 228 g/mol. The predicted molar refractivity (Wildman–Crippen MR) is 68.5 cm³/mol. The van der Waals surface area contributed by atoms with Gasteiger partial charge in [0.25, 0.3) is 0 Å². The number of H-pyrrole nitrogens is 1. The van der Waals surface area contributed by atoms with Crippen LogP contribution in [-0.4, -0.2) is 21.3 Å². The summed E-state index contributed by atoms with van der Waals surface area (Å²) in [4.78, 5) is 11.2. The highest BCUT2D eigenvalue weighted by molar-refractivity contribution is 6.01.